The zero-order chi connectivity index (χ0) is 15.5. The van der Waals surface area contributed by atoms with Crippen molar-refractivity contribution < 1.29 is 4.79 Å². The number of hydrogen-bond acceptors (Lipinski definition) is 4. The van der Waals surface area contributed by atoms with Crippen LogP contribution in [0.1, 0.15) is 30.3 Å². The molecule has 1 amide bonds. The summed E-state index contributed by atoms with van der Waals surface area (Å²) in [7, 11) is 0. The molecular formula is C17H21N3OS. The Kier molecular flexibility index (Phi) is 4.55. The maximum absolute atomic E-state index is 11.4. The molecule has 3 rings (SSSR count). The van der Waals surface area contributed by atoms with Crippen LogP contribution in [-0.2, 0) is 17.8 Å². The molecule has 1 atom stereocenters. The Morgan fingerprint density at radius 1 is 1.41 bits per heavy atom. The molecule has 1 aliphatic heterocycles. The van der Waals surface area contributed by atoms with Crippen molar-refractivity contribution in [1.82, 2.24) is 9.88 Å². The van der Waals surface area contributed by atoms with Gasteiger partial charge in [-0.3, -0.25) is 9.69 Å². The molecule has 1 fully saturated rings. The molecule has 4 nitrogen and oxygen atoms in total. The van der Waals surface area contributed by atoms with Crippen LogP contribution in [0.25, 0.3) is 10.4 Å². The largest absolute Gasteiger partial charge is 0.368 e. The van der Waals surface area contributed by atoms with Crippen LogP contribution in [0.2, 0.25) is 0 Å². The SMILES string of the molecule is CCc1ncc(-c2ccc(CN3CCCC3C(N)=O)cc2)s1. The quantitative estimate of drug-likeness (QED) is 0.923. The van der Waals surface area contributed by atoms with Crippen LogP contribution in [0.15, 0.2) is 30.5 Å². The van der Waals surface area contributed by atoms with Crippen LogP contribution >= 0.6 is 11.3 Å². The maximum Gasteiger partial charge on any atom is 0.234 e. The lowest BCUT2D eigenvalue weighted by atomic mass is 10.1. The van der Waals surface area contributed by atoms with Crippen LogP contribution in [0.4, 0.5) is 0 Å². The van der Waals surface area contributed by atoms with Crippen molar-refractivity contribution in [3.8, 4) is 10.4 Å². The highest BCUT2D eigenvalue weighted by atomic mass is 32.1. The number of aryl methyl sites for hydroxylation is 1. The highest BCUT2D eigenvalue weighted by molar-refractivity contribution is 7.15. The maximum atomic E-state index is 11.4. The van der Waals surface area contributed by atoms with Crippen LogP contribution < -0.4 is 5.73 Å². The summed E-state index contributed by atoms with van der Waals surface area (Å²) in [6.07, 6.45) is 4.86. The molecular weight excluding hydrogens is 294 g/mol. The number of hydrogen-bond donors (Lipinski definition) is 1. The van der Waals surface area contributed by atoms with Crippen molar-refractivity contribution in [3.63, 3.8) is 0 Å². The second kappa shape index (κ2) is 6.58. The second-order valence-corrected chi connectivity index (χ2v) is 6.81. The third kappa shape index (κ3) is 3.20. The number of amides is 1. The summed E-state index contributed by atoms with van der Waals surface area (Å²) in [5.41, 5.74) is 7.89. The van der Waals surface area contributed by atoms with E-state index in [4.69, 9.17) is 5.73 Å². The molecule has 2 N–H and O–H groups in total. The predicted molar refractivity (Wildman–Crippen MR) is 89.6 cm³/mol. The van der Waals surface area contributed by atoms with Gasteiger partial charge in [0.15, 0.2) is 0 Å². The van der Waals surface area contributed by atoms with E-state index < -0.39 is 0 Å². The Bertz CT molecular complexity index is 650. The molecule has 1 aromatic heterocycles. The Labute approximate surface area is 135 Å². The average molecular weight is 315 g/mol. The van der Waals surface area contributed by atoms with Gasteiger partial charge in [-0.15, -0.1) is 11.3 Å². The number of benzene rings is 1. The van der Waals surface area contributed by atoms with Gasteiger partial charge in [-0.25, -0.2) is 4.98 Å². The summed E-state index contributed by atoms with van der Waals surface area (Å²) in [5, 5.41) is 1.17. The Balaban J connectivity index is 1.70. The normalized spacial score (nSPS) is 18.7. The van der Waals surface area contributed by atoms with Crippen molar-refractivity contribution in [2.75, 3.05) is 6.54 Å². The molecule has 2 heterocycles. The zero-order valence-corrected chi connectivity index (χ0v) is 13.6. The van der Waals surface area contributed by atoms with Crippen LogP contribution in [-0.4, -0.2) is 28.4 Å². The zero-order valence-electron chi connectivity index (χ0n) is 12.8. The lowest BCUT2D eigenvalue weighted by Crippen LogP contribution is -2.39. The minimum Gasteiger partial charge on any atom is -0.368 e. The van der Waals surface area contributed by atoms with E-state index in [1.807, 2.05) is 6.20 Å². The molecule has 0 aliphatic carbocycles. The average Bonchev–Trinajstić information content (AvgIpc) is 3.16. The summed E-state index contributed by atoms with van der Waals surface area (Å²) < 4.78 is 0. The number of nitrogens with zero attached hydrogens (tertiary/aromatic N) is 2. The molecule has 0 bridgehead atoms. The summed E-state index contributed by atoms with van der Waals surface area (Å²) in [6, 6.07) is 8.44. The molecule has 1 unspecified atom stereocenters. The highest BCUT2D eigenvalue weighted by Gasteiger charge is 2.28. The third-order valence-corrected chi connectivity index (χ3v) is 5.36. The number of aromatic nitrogens is 1. The van der Waals surface area contributed by atoms with Gasteiger partial charge in [-0.05, 0) is 36.9 Å². The fourth-order valence-corrected chi connectivity index (χ4v) is 3.82. The standard InChI is InChI=1S/C17H21N3OS/c1-2-16-19-10-15(22-16)13-7-5-12(6-8-13)11-20-9-3-4-14(20)17(18)21/h5-8,10,14H,2-4,9,11H2,1H3,(H2,18,21). The number of primary amides is 1. The molecule has 0 spiro atoms. The fraction of sp³-hybridized carbons (Fsp3) is 0.412. The first-order valence-electron chi connectivity index (χ1n) is 7.74. The van der Waals surface area contributed by atoms with Gasteiger partial charge in [0.2, 0.25) is 5.91 Å². The first-order valence-corrected chi connectivity index (χ1v) is 8.56. The van der Waals surface area contributed by atoms with Gasteiger partial charge in [0.1, 0.15) is 0 Å². The first-order chi connectivity index (χ1) is 10.7. The number of carbonyl (C=O) groups excluding carboxylic acids is 1. The lowest BCUT2D eigenvalue weighted by Gasteiger charge is -2.21. The molecule has 22 heavy (non-hydrogen) atoms. The lowest BCUT2D eigenvalue weighted by molar-refractivity contribution is -0.122. The van der Waals surface area contributed by atoms with E-state index in [1.165, 1.54) is 21.0 Å². The van der Waals surface area contributed by atoms with Gasteiger partial charge in [-0.2, -0.15) is 0 Å². The van der Waals surface area contributed by atoms with Gasteiger partial charge in [0.25, 0.3) is 0 Å². The topological polar surface area (TPSA) is 59.2 Å². The molecule has 2 aromatic rings. The summed E-state index contributed by atoms with van der Waals surface area (Å²) >= 11 is 1.75. The van der Waals surface area contributed by atoms with Gasteiger partial charge in [0.05, 0.1) is 15.9 Å². The summed E-state index contributed by atoms with van der Waals surface area (Å²) in [5.74, 6) is -0.203. The Morgan fingerprint density at radius 2 is 2.18 bits per heavy atom. The molecule has 5 heteroatoms. The highest BCUT2D eigenvalue weighted by Crippen LogP contribution is 2.27. The van der Waals surface area contributed by atoms with Gasteiger partial charge in [-0.1, -0.05) is 31.2 Å². The Hall–Kier alpha value is -1.72. The van der Waals surface area contributed by atoms with E-state index in [1.54, 1.807) is 11.3 Å². The van der Waals surface area contributed by atoms with E-state index in [9.17, 15) is 4.79 Å². The van der Waals surface area contributed by atoms with Crippen LogP contribution in [0, 0.1) is 0 Å². The van der Waals surface area contributed by atoms with Crippen LogP contribution in [0.5, 0.6) is 0 Å². The molecule has 116 valence electrons. The molecule has 0 saturated carbocycles. The van der Waals surface area contributed by atoms with Crippen molar-refractivity contribution in [2.24, 2.45) is 5.73 Å². The first kappa shape index (κ1) is 15.2. The van der Waals surface area contributed by atoms with E-state index in [-0.39, 0.29) is 11.9 Å². The van der Waals surface area contributed by atoms with E-state index in [0.29, 0.717) is 0 Å². The van der Waals surface area contributed by atoms with Crippen molar-refractivity contribution in [1.29, 1.82) is 0 Å². The minimum absolute atomic E-state index is 0.103. The molecule has 0 radical (unpaired) electrons. The summed E-state index contributed by atoms with van der Waals surface area (Å²) in [6.45, 7) is 3.86. The number of rotatable bonds is 5. The number of nitrogens with two attached hydrogens (primary N) is 1. The van der Waals surface area contributed by atoms with Crippen molar-refractivity contribution in [2.45, 2.75) is 38.8 Å². The molecule has 1 saturated heterocycles. The van der Waals surface area contributed by atoms with E-state index in [2.05, 4.69) is 41.1 Å². The van der Waals surface area contributed by atoms with Crippen molar-refractivity contribution in [3.05, 3.63) is 41.0 Å². The minimum atomic E-state index is -0.203. The van der Waals surface area contributed by atoms with E-state index >= 15 is 0 Å². The van der Waals surface area contributed by atoms with Crippen molar-refractivity contribution >= 4 is 17.2 Å². The molecule has 1 aromatic carbocycles. The molecule has 1 aliphatic rings. The number of thiazole rings is 1. The predicted octanol–water partition coefficient (Wildman–Crippen LogP) is 2.82. The van der Waals surface area contributed by atoms with Crippen LogP contribution in [0.3, 0.4) is 0 Å². The number of carbonyl (C=O) groups is 1. The van der Waals surface area contributed by atoms with E-state index in [0.717, 1.165) is 32.4 Å². The third-order valence-electron chi connectivity index (χ3n) is 4.17. The van der Waals surface area contributed by atoms with Gasteiger partial charge >= 0.3 is 0 Å². The number of likely N-dealkylation sites (tertiary alicyclic amines) is 1. The summed E-state index contributed by atoms with van der Waals surface area (Å²) in [4.78, 5) is 19.2. The van der Waals surface area contributed by atoms with Gasteiger partial charge in [0, 0.05) is 12.7 Å². The van der Waals surface area contributed by atoms with Gasteiger partial charge < -0.3 is 5.73 Å². The fourth-order valence-electron chi connectivity index (χ4n) is 2.95. The second-order valence-electron chi connectivity index (χ2n) is 5.70. The Morgan fingerprint density at radius 3 is 2.82 bits per heavy atom. The monoisotopic (exact) mass is 315 g/mol. The smallest absolute Gasteiger partial charge is 0.234 e.